The maximum atomic E-state index is 11.6. The van der Waals surface area contributed by atoms with Crippen molar-refractivity contribution in [3.05, 3.63) is 44.4 Å². The Balaban J connectivity index is 2.30. The molecule has 0 saturated carbocycles. The SMILES string of the molecule is Cc1ccc(-c2[nH]c(=O)sc2CN(C)CCO)cc1. The average Bonchev–Trinajstić information content (AvgIpc) is 2.71. The molecular weight excluding hydrogens is 260 g/mol. The number of aromatic nitrogens is 1. The van der Waals surface area contributed by atoms with Gasteiger partial charge in [-0.3, -0.25) is 9.69 Å². The minimum atomic E-state index is -0.0389. The summed E-state index contributed by atoms with van der Waals surface area (Å²) in [5.41, 5.74) is 3.11. The lowest BCUT2D eigenvalue weighted by atomic mass is 10.1. The van der Waals surface area contributed by atoms with Gasteiger partial charge in [-0.2, -0.15) is 0 Å². The molecule has 0 aliphatic carbocycles. The lowest BCUT2D eigenvalue weighted by Crippen LogP contribution is -2.21. The second-order valence-corrected chi connectivity index (χ2v) is 5.71. The number of aliphatic hydroxyl groups excluding tert-OH is 1. The number of hydrogen-bond donors (Lipinski definition) is 2. The Morgan fingerprint density at radius 2 is 2.00 bits per heavy atom. The van der Waals surface area contributed by atoms with Crippen LogP contribution in [0.4, 0.5) is 0 Å². The van der Waals surface area contributed by atoms with E-state index in [2.05, 4.69) is 4.98 Å². The van der Waals surface area contributed by atoms with Crippen LogP contribution in [0.5, 0.6) is 0 Å². The molecule has 0 fully saturated rings. The molecular formula is C14H18N2O2S. The van der Waals surface area contributed by atoms with E-state index in [4.69, 9.17) is 5.11 Å². The fraction of sp³-hybridized carbons (Fsp3) is 0.357. The normalized spacial score (nSPS) is 11.2. The third-order valence-corrected chi connectivity index (χ3v) is 3.82. The van der Waals surface area contributed by atoms with Gasteiger partial charge in [0.1, 0.15) is 0 Å². The highest BCUT2D eigenvalue weighted by molar-refractivity contribution is 7.09. The van der Waals surface area contributed by atoms with Crippen molar-refractivity contribution in [1.29, 1.82) is 0 Å². The molecule has 4 nitrogen and oxygen atoms in total. The first-order valence-electron chi connectivity index (χ1n) is 6.18. The van der Waals surface area contributed by atoms with Gasteiger partial charge >= 0.3 is 4.87 Å². The molecule has 0 saturated heterocycles. The first kappa shape index (κ1) is 14.0. The van der Waals surface area contributed by atoms with Gasteiger partial charge in [0.25, 0.3) is 0 Å². The summed E-state index contributed by atoms with van der Waals surface area (Å²) in [6.07, 6.45) is 0. The number of rotatable bonds is 5. The van der Waals surface area contributed by atoms with Gasteiger partial charge in [-0.1, -0.05) is 41.2 Å². The summed E-state index contributed by atoms with van der Waals surface area (Å²) < 4.78 is 0. The number of aryl methyl sites for hydroxylation is 1. The zero-order valence-corrected chi connectivity index (χ0v) is 12.0. The van der Waals surface area contributed by atoms with Crippen molar-refractivity contribution in [2.75, 3.05) is 20.2 Å². The Morgan fingerprint density at radius 3 is 2.63 bits per heavy atom. The van der Waals surface area contributed by atoms with Crippen LogP contribution in [0.3, 0.4) is 0 Å². The molecule has 19 heavy (non-hydrogen) atoms. The topological polar surface area (TPSA) is 56.3 Å². The van der Waals surface area contributed by atoms with E-state index in [1.807, 2.05) is 43.1 Å². The molecule has 0 amide bonds. The summed E-state index contributed by atoms with van der Waals surface area (Å²) in [5.74, 6) is 0. The van der Waals surface area contributed by atoms with Gasteiger partial charge in [0.2, 0.25) is 0 Å². The van der Waals surface area contributed by atoms with Crippen molar-refractivity contribution in [2.45, 2.75) is 13.5 Å². The monoisotopic (exact) mass is 278 g/mol. The van der Waals surface area contributed by atoms with E-state index in [0.717, 1.165) is 16.1 Å². The van der Waals surface area contributed by atoms with E-state index in [9.17, 15) is 4.79 Å². The van der Waals surface area contributed by atoms with Crippen LogP contribution in [0.2, 0.25) is 0 Å². The number of H-pyrrole nitrogens is 1. The molecule has 0 aliphatic heterocycles. The van der Waals surface area contributed by atoms with Gasteiger partial charge in [-0.05, 0) is 19.5 Å². The number of aromatic amines is 1. The Morgan fingerprint density at radius 1 is 1.32 bits per heavy atom. The molecule has 0 atom stereocenters. The minimum Gasteiger partial charge on any atom is -0.395 e. The van der Waals surface area contributed by atoms with Gasteiger partial charge in [0.05, 0.1) is 12.3 Å². The van der Waals surface area contributed by atoms with Crippen LogP contribution in [0, 0.1) is 6.92 Å². The molecule has 0 spiro atoms. The lowest BCUT2D eigenvalue weighted by molar-refractivity contribution is 0.218. The fourth-order valence-corrected chi connectivity index (χ4v) is 2.85. The van der Waals surface area contributed by atoms with Gasteiger partial charge in [0, 0.05) is 18.0 Å². The van der Waals surface area contributed by atoms with E-state index < -0.39 is 0 Å². The van der Waals surface area contributed by atoms with E-state index in [1.165, 1.54) is 16.9 Å². The number of nitrogens with zero attached hydrogens (tertiary/aromatic N) is 1. The van der Waals surface area contributed by atoms with Crippen LogP contribution < -0.4 is 4.87 Å². The van der Waals surface area contributed by atoms with Crippen LogP contribution in [0.15, 0.2) is 29.1 Å². The molecule has 1 heterocycles. The molecule has 0 aliphatic rings. The third kappa shape index (κ3) is 3.53. The molecule has 0 unspecified atom stereocenters. The number of benzene rings is 1. The number of nitrogens with one attached hydrogen (secondary N) is 1. The van der Waals surface area contributed by atoms with Gasteiger partial charge in [-0.15, -0.1) is 0 Å². The summed E-state index contributed by atoms with van der Waals surface area (Å²) in [6, 6.07) is 8.10. The number of aliphatic hydroxyl groups is 1. The molecule has 2 rings (SSSR count). The molecule has 0 bridgehead atoms. The molecule has 5 heteroatoms. The summed E-state index contributed by atoms with van der Waals surface area (Å²) in [7, 11) is 1.93. The second kappa shape index (κ2) is 6.14. The quantitative estimate of drug-likeness (QED) is 0.877. The van der Waals surface area contributed by atoms with E-state index in [1.54, 1.807) is 0 Å². The van der Waals surface area contributed by atoms with Crippen LogP contribution >= 0.6 is 11.3 Å². The fourth-order valence-electron chi connectivity index (χ4n) is 1.92. The predicted octanol–water partition coefficient (Wildman–Crippen LogP) is 1.84. The first-order chi connectivity index (χ1) is 9.10. The van der Waals surface area contributed by atoms with Crippen LogP contribution in [0.1, 0.15) is 10.4 Å². The largest absolute Gasteiger partial charge is 0.395 e. The molecule has 0 radical (unpaired) electrons. The van der Waals surface area contributed by atoms with Crippen molar-refractivity contribution in [3.8, 4) is 11.3 Å². The third-order valence-electron chi connectivity index (χ3n) is 2.96. The smallest absolute Gasteiger partial charge is 0.305 e. The van der Waals surface area contributed by atoms with E-state index >= 15 is 0 Å². The van der Waals surface area contributed by atoms with Crippen molar-refractivity contribution in [3.63, 3.8) is 0 Å². The molecule has 2 N–H and O–H groups in total. The van der Waals surface area contributed by atoms with Crippen molar-refractivity contribution < 1.29 is 5.11 Å². The molecule has 102 valence electrons. The highest BCUT2D eigenvalue weighted by Crippen LogP contribution is 2.24. The van der Waals surface area contributed by atoms with Crippen LogP contribution in [-0.4, -0.2) is 35.2 Å². The highest BCUT2D eigenvalue weighted by Gasteiger charge is 2.12. The van der Waals surface area contributed by atoms with E-state index in [-0.39, 0.29) is 11.5 Å². The predicted molar refractivity (Wildman–Crippen MR) is 78.5 cm³/mol. The Labute approximate surface area is 116 Å². The lowest BCUT2D eigenvalue weighted by Gasteiger charge is -2.14. The van der Waals surface area contributed by atoms with Gasteiger partial charge in [-0.25, -0.2) is 0 Å². The highest BCUT2D eigenvalue weighted by atomic mass is 32.1. The van der Waals surface area contributed by atoms with Crippen molar-refractivity contribution in [2.24, 2.45) is 0 Å². The Kier molecular flexibility index (Phi) is 4.52. The second-order valence-electron chi connectivity index (χ2n) is 4.64. The summed E-state index contributed by atoms with van der Waals surface area (Å²) in [5, 5.41) is 8.93. The molecule has 1 aromatic carbocycles. The minimum absolute atomic E-state index is 0.0389. The van der Waals surface area contributed by atoms with Crippen molar-refractivity contribution in [1.82, 2.24) is 9.88 Å². The Hall–Kier alpha value is -1.43. The summed E-state index contributed by atoms with van der Waals surface area (Å²) in [4.78, 5) is 17.4. The zero-order chi connectivity index (χ0) is 13.8. The maximum Gasteiger partial charge on any atom is 0.305 e. The zero-order valence-electron chi connectivity index (χ0n) is 11.1. The average molecular weight is 278 g/mol. The van der Waals surface area contributed by atoms with Crippen LogP contribution in [0.25, 0.3) is 11.3 Å². The van der Waals surface area contributed by atoms with E-state index in [0.29, 0.717) is 13.1 Å². The first-order valence-corrected chi connectivity index (χ1v) is 7.00. The summed E-state index contributed by atoms with van der Waals surface area (Å²) in [6.45, 7) is 3.42. The Bertz CT molecular complexity index is 586. The number of thiazole rings is 1. The number of likely N-dealkylation sites (N-methyl/N-ethyl adjacent to an activating group) is 1. The number of hydrogen-bond acceptors (Lipinski definition) is 4. The maximum absolute atomic E-state index is 11.6. The van der Waals surface area contributed by atoms with Gasteiger partial charge < -0.3 is 10.1 Å². The molecule has 2 aromatic rings. The summed E-state index contributed by atoms with van der Waals surface area (Å²) >= 11 is 1.23. The molecule has 1 aromatic heterocycles. The van der Waals surface area contributed by atoms with Crippen molar-refractivity contribution >= 4 is 11.3 Å². The van der Waals surface area contributed by atoms with Crippen LogP contribution in [-0.2, 0) is 6.54 Å². The van der Waals surface area contributed by atoms with Gasteiger partial charge in [0.15, 0.2) is 0 Å². The standard InChI is InChI=1S/C14H18N2O2S/c1-10-3-5-11(6-4-10)13-12(19-14(18)15-13)9-16(2)7-8-17/h3-6,17H,7-9H2,1-2H3,(H,15,18).